The number of esters is 1. The van der Waals surface area contributed by atoms with Crippen LogP contribution in [-0.2, 0) is 9.53 Å². The third-order valence-corrected chi connectivity index (χ3v) is 2.83. The van der Waals surface area contributed by atoms with Gasteiger partial charge in [0.2, 0.25) is 0 Å². The Hall–Kier alpha value is -0.780. The summed E-state index contributed by atoms with van der Waals surface area (Å²) in [7, 11) is 1.63. The van der Waals surface area contributed by atoms with E-state index in [1.165, 1.54) is 6.92 Å². The van der Waals surface area contributed by atoms with Gasteiger partial charge in [-0.1, -0.05) is 6.07 Å². The highest BCUT2D eigenvalue weighted by molar-refractivity contribution is 14.1. The van der Waals surface area contributed by atoms with Crippen LogP contribution in [0.2, 0.25) is 0 Å². The lowest BCUT2D eigenvalue weighted by atomic mass is 10.1. The van der Waals surface area contributed by atoms with Crippen LogP contribution in [0.3, 0.4) is 0 Å². The van der Waals surface area contributed by atoms with Crippen molar-refractivity contribution in [2.75, 3.05) is 7.11 Å². The molecule has 0 saturated heterocycles. The second-order valence-corrected chi connectivity index (χ2v) is 4.31. The fraction of sp³-hybridized carbons (Fsp3) is 0.364. The molecule has 0 aliphatic rings. The summed E-state index contributed by atoms with van der Waals surface area (Å²) < 4.78 is 11.2. The monoisotopic (exact) mass is 320 g/mol. The fourth-order valence-corrected chi connectivity index (χ4v) is 2.01. The molecule has 1 rings (SSSR count). The number of methoxy groups -OCH3 is 1. The number of hydrogen-bond donors (Lipinski definition) is 0. The highest BCUT2D eigenvalue weighted by Crippen LogP contribution is 2.26. The minimum atomic E-state index is -0.270. The van der Waals surface area contributed by atoms with E-state index in [0.717, 1.165) is 14.9 Å². The minimum absolute atomic E-state index is 0.220. The quantitative estimate of drug-likeness (QED) is 0.634. The third-order valence-electron chi connectivity index (χ3n) is 1.99. The number of rotatable bonds is 3. The Morgan fingerprint density at radius 3 is 2.60 bits per heavy atom. The van der Waals surface area contributed by atoms with Crippen LogP contribution in [-0.4, -0.2) is 13.1 Å². The lowest BCUT2D eigenvalue weighted by molar-refractivity contribution is -0.145. The predicted octanol–water partition coefficient (Wildman–Crippen LogP) is 2.92. The second kappa shape index (κ2) is 5.34. The van der Waals surface area contributed by atoms with E-state index in [0.29, 0.717) is 0 Å². The highest BCUT2D eigenvalue weighted by atomic mass is 127. The Morgan fingerprint density at radius 2 is 2.13 bits per heavy atom. The van der Waals surface area contributed by atoms with Gasteiger partial charge in [0, 0.05) is 6.92 Å². The molecule has 0 spiro atoms. The number of carbonyl (C=O) groups is 1. The van der Waals surface area contributed by atoms with Crippen molar-refractivity contribution >= 4 is 28.6 Å². The van der Waals surface area contributed by atoms with Crippen LogP contribution in [0, 0.1) is 3.57 Å². The smallest absolute Gasteiger partial charge is 0.303 e. The van der Waals surface area contributed by atoms with Crippen LogP contribution < -0.4 is 4.74 Å². The summed E-state index contributed by atoms with van der Waals surface area (Å²) in [5, 5.41) is 0. The first kappa shape index (κ1) is 12.3. The number of halogens is 1. The van der Waals surface area contributed by atoms with Gasteiger partial charge in [-0.2, -0.15) is 0 Å². The Morgan fingerprint density at radius 1 is 1.47 bits per heavy atom. The molecule has 1 atom stereocenters. The van der Waals surface area contributed by atoms with Crippen molar-refractivity contribution in [3.05, 3.63) is 27.3 Å². The molecule has 3 nitrogen and oxygen atoms in total. The largest absolute Gasteiger partial charge is 0.496 e. The van der Waals surface area contributed by atoms with Gasteiger partial charge in [0.25, 0.3) is 0 Å². The molecule has 1 aromatic carbocycles. The van der Waals surface area contributed by atoms with Crippen LogP contribution in [0.15, 0.2) is 18.2 Å². The van der Waals surface area contributed by atoms with Gasteiger partial charge >= 0.3 is 5.97 Å². The maximum Gasteiger partial charge on any atom is 0.303 e. The number of carbonyl (C=O) groups excluding carboxylic acids is 1. The lowest BCUT2D eigenvalue weighted by Gasteiger charge is -2.13. The Labute approximate surface area is 103 Å². The fourth-order valence-electron chi connectivity index (χ4n) is 1.25. The van der Waals surface area contributed by atoms with Crippen molar-refractivity contribution in [2.24, 2.45) is 0 Å². The van der Waals surface area contributed by atoms with Crippen molar-refractivity contribution in [3.8, 4) is 5.75 Å². The summed E-state index contributed by atoms with van der Waals surface area (Å²) in [6, 6.07) is 5.72. The summed E-state index contributed by atoms with van der Waals surface area (Å²) >= 11 is 2.19. The predicted molar refractivity (Wildman–Crippen MR) is 65.9 cm³/mol. The van der Waals surface area contributed by atoms with Crippen molar-refractivity contribution in [2.45, 2.75) is 20.0 Å². The normalized spacial score (nSPS) is 12.0. The summed E-state index contributed by atoms with van der Waals surface area (Å²) in [4.78, 5) is 10.8. The molecule has 1 aromatic rings. The van der Waals surface area contributed by atoms with Crippen LogP contribution in [0.25, 0.3) is 0 Å². The topological polar surface area (TPSA) is 35.5 Å². The maximum atomic E-state index is 10.8. The molecule has 0 fully saturated rings. The van der Waals surface area contributed by atoms with E-state index in [1.54, 1.807) is 7.11 Å². The molecule has 82 valence electrons. The van der Waals surface area contributed by atoms with E-state index >= 15 is 0 Å². The zero-order valence-corrected chi connectivity index (χ0v) is 11.1. The van der Waals surface area contributed by atoms with Gasteiger partial charge in [0.05, 0.1) is 10.7 Å². The minimum Gasteiger partial charge on any atom is -0.496 e. The average molecular weight is 320 g/mol. The molecule has 15 heavy (non-hydrogen) atoms. The first-order chi connectivity index (χ1) is 7.04. The molecule has 0 aliphatic carbocycles. The van der Waals surface area contributed by atoms with Crippen LogP contribution >= 0.6 is 22.6 Å². The molecule has 0 saturated carbocycles. The summed E-state index contributed by atoms with van der Waals surface area (Å²) in [6.45, 7) is 3.25. The first-order valence-corrected chi connectivity index (χ1v) is 5.63. The van der Waals surface area contributed by atoms with Crippen LogP contribution in [0.1, 0.15) is 25.5 Å². The number of hydrogen-bond acceptors (Lipinski definition) is 3. The van der Waals surface area contributed by atoms with Gasteiger partial charge in [0.15, 0.2) is 0 Å². The van der Waals surface area contributed by atoms with Crippen molar-refractivity contribution in [1.29, 1.82) is 0 Å². The van der Waals surface area contributed by atoms with Gasteiger partial charge in [-0.25, -0.2) is 0 Å². The molecule has 0 radical (unpaired) electrons. The molecule has 4 heteroatoms. The molecule has 0 aromatic heterocycles. The summed E-state index contributed by atoms with van der Waals surface area (Å²) in [6.07, 6.45) is -0.220. The Balaban J connectivity index is 2.87. The van der Waals surface area contributed by atoms with Crippen LogP contribution in [0.4, 0.5) is 0 Å². The SMILES string of the molecule is COc1ccc(C(C)OC(C)=O)cc1I. The van der Waals surface area contributed by atoms with Crippen molar-refractivity contribution in [3.63, 3.8) is 0 Å². The van der Waals surface area contributed by atoms with E-state index in [4.69, 9.17) is 9.47 Å². The first-order valence-electron chi connectivity index (χ1n) is 4.55. The highest BCUT2D eigenvalue weighted by Gasteiger charge is 2.10. The third kappa shape index (κ3) is 3.37. The molecule has 0 heterocycles. The van der Waals surface area contributed by atoms with Gasteiger partial charge in [-0.05, 0) is 47.2 Å². The van der Waals surface area contributed by atoms with E-state index in [9.17, 15) is 4.79 Å². The zero-order chi connectivity index (χ0) is 11.4. The van der Waals surface area contributed by atoms with Gasteiger partial charge in [0.1, 0.15) is 11.9 Å². The van der Waals surface area contributed by atoms with Crippen molar-refractivity contribution in [1.82, 2.24) is 0 Å². The van der Waals surface area contributed by atoms with E-state index in [1.807, 2.05) is 25.1 Å². The van der Waals surface area contributed by atoms with E-state index in [2.05, 4.69) is 22.6 Å². The summed E-state index contributed by atoms with van der Waals surface area (Å²) in [5.74, 6) is 0.558. The molecular weight excluding hydrogens is 307 g/mol. The standard InChI is InChI=1S/C11H13IO3/c1-7(15-8(2)13)9-4-5-11(14-3)10(12)6-9/h4-7H,1-3H3. The second-order valence-electron chi connectivity index (χ2n) is 3.15. The average Bonchev–Trinajstić information content (AvgIpc) is 2.16. The molecular formula is C11H13IO3. The number of benzene rings is 1. The summed E-state index contributed by atoms with van der Waals surface area (Å²) in [5.41, 5.74) is 0.968. The molecule has 0 amide bonds. The van der Waals surface area contributed by atoms with Gasteiger partial charge in [-0.3, -0.25) is 4.79 Å². The molecule has 0 N–H and O–H groups in total. The van der Waals surface area contributed by atoms with Gasteiger partial charge < -0.3 is 9.47 Å². The van der Waals surface area contributed by atoms with E-state index in [-0.39, 0.29) is 12.1 Å². The Kier molecular flexibility index (Phi) is 4.38. The molecule has 0 bridgehead atoms. The molecule has 1 unspecified atom stereocenters. The van der Waals surface area contributed by atoms with Crippen molar-refractivity contribution < 1.29 is 14.3 Å². The van der Waals surface area contributed by atoms with Crippen LogP contribution in [0.5, 0.6) is 5.75 Å². The number of ether oxygens (including phenoxy) is 2. The zero-order valence-electron chi connectivity index (χ0n) is 8.91. The Bertz CT molecular complexity index is 363. The maximum absolute atomic E-state index is 10.8. The molecule has 0 aliphatic heterocycles. The van der Waals surface area contributed by atoms with Gasteiger partial charge in [-0.15, -0.1) is 0 Å². The van der Waals surface area contributed by atoms with E-state index < -0.39 is 0 Å². The lowest BCUT2D eigenvalue weighted by Crippen LogP contribution is -2.05.